The molecule has 3 N–H and O–H groups in total. The van der Waals surface area contributed by atoms with Crippen molar-refractivity contribution in [2.24, 2.45) is 5.73 Å². The van der Waals surface area contributed by atoms with Crippen LogP contribution in [0.25, 0.3) is 0 Å². The number of nitrogens with one attached hydrogen (secondary N) is 1. The molecule has 0 fully saturated rings. The van der Waals surface area contributed by atoms with Crippen LogP contribution < -0.4 is 11.1 Å². The summed E-state index contributed by atoms with van der Waals surface area (Å²) in [5, 5.41) is 2.65. The van der Waals surface area contributed by atoms with Crippen molar-refractivity contribution in [1.29, 1.82) is 0 Å². The van der Waals surface area contributed by atoms with Crippen LogP contribution in [-0.2, 0) is 14.3 Å². The van der Waals surface area contributed by atoms with E-state index in [1.54, 1.807) is 23.5 Å². The molecule has 0 spiro atoms. The number of rotatable bonds is 9. The summed E-state index contributed by atoms with van der Waals surface area (Å²) in [4.78, 5) is 23.3. The topological polar surface area (TPSA) is 81.4 Å². The van der Waals surface area contributed by atoms with Crippen LogP contribution in [0.4, 0.5) is 0 Å². The molecule has 5 nitrogen and oxygen atoms in total. The molecular formula is C11H22N2O3S2. The number of esters is 1. The van der Waals surface area contributed by atoms with Crippen molar-refractivity contribution in [3.8, 4) is 0 Å². The monoisotopic (exact) mass is 294 g/mol. The molecule has 106 valence electrons. The van der Waals surface area contributed by atoms with Gasteiger partial charge in [-0.15, -0.1) is 0 Å². The second-order valence-electron chi connectivity index (χ2n) is 3.75. The fourth-order valence-electron chi connectivity index (χ4n) is 1.28. The molecule has 7 heteroatoms. The van der Waals surface area contributed by atoms with E-state index in [2.05, 4.69) is 10.1 Å². The van der Waals surface area contributed by atoms with Crippen molar-refractivity contribution < 1.29 is 14.3 Å². The second-order valence-corrected chi connectivity index (χ2v) is 5.72. The van der Waals surface area contributed by atoms with Gasteiger partial charge in [0.05, 0.1) is 13.2 Å². The van der Waals surface area contributed by atoms with Gasteiger partial charge in [0.1, 0.15) is 6.04 Å². The summed E-state index contributed by atoms with van der Waals surface area (Å²) < 4.78 is 4.66. The van der Waals surface area contributed by atoms with Gasteiger partial charge in [0, 0.05) is 0 Å². The number of methoxy groups -OCH3 is 1. The summed E-state index contributed by atoms with van der Waals surface area (Å²) in [7, 11) is 1.31. The zero-order valence-corrected chi connectivity index (χ0v) is 12.7. The first kappa shape index (κ1) is 17.6. The Bertz CT molecular complexity index is 265. The summed E-state index contributed by atoms with van der Waals surface area (Å²) in [6.07, 6.45) is 5.05. The van der Waals surface area contributed by atoms with Crippen molar-refractivity contribution in [2.75, 3.05) is 31.1 Å². The van der Waals surface area contributed by atoms with Crippen molar-refractivity contribution in [2.45, 2.75) is 24.9 Å². The lowest BCUT2D eigenvalue weighted by Gasteiger charge is -2.18. The molecule has 0 saturated heterocycles. The number of amides is 1. The van der Waals surface area contributed by atoms with E-state index in [1.807, 2.05) is 12.5 Å². The van der Waals surface area contributed by atoms with Gasteiger partial charge in [-0.25, -0.2) is 4.79 Å². The summed E-state index contributed by atoms with van der Waals surface area (Å²) in [5.41, 5.74) is 5.74. The highest BCUT2D eigenvalue weighted by Gasteiger charge is 2.23. The van der Waals surface area contributed by atoms with Gasteiger partial charge in [-0.05, 0) is 36.9 Å². The molecule has 0 aliphatic carbocycles. The Hall–Kier alpha value is -0.400. The van der Waals surface area contributed by atoms with E-state index in [9.17, 15) is 9.59 Å². The number of carbonyl (C=O) groups excluding carboxylic acids is 2. The van der Waals surface area contributed by atoms with Gasteiger partial charge in [0.25, 0.3) is 0 Å². The number of thioether (sulfide) groups is 2. The van der Waals surface area contributed by atoms with Crippen LogP contribution in [0.5, 0.6) is 0 Å². The molecule has 0 unspecified atom stereocenters. The maximum atomic E-state index is 11.8. The molecule has 0 bridgehead atoms. The van der Waals surface area contributed by atoms with E-state index in [0.717, 1.165) is 11.5 Å². The largest absolute Gasteiger partial charge is 0.467 e. The highest BCUT2D eigenvalue weighted by atomic mass is 32.2. The quantitative estimate of drug-likeness (QED) is 0.602. The van der Waals surface area contributed by atoms with Gasteiger partial charge < -0.3 is 15.8 Å². The molecule has 0 aliphatic heterocycles. The summed E-state index contributed by atoms with van der Waals surface area (Å²) >= 11 is 3.25. The molecule has 0 aromatic rings. The Kier molecular flexibility index (Phi) is 10.3. The van der Waals surface area contributed by atoms with Crippen LogP contribution in [0.2, 0.25) is 0 Å². The van der Waals surface area contributed by atoms with Crippen molar-refractivity contribution >= 4 is 35.4 Å². The fourth-order valence-corrected chi connectivity index (χ4v) is 2.24. The molecule has 18 heavy (non-hydrogen) atoms. The predicted molar refractivity (Wildman–Crippen MR) is 77.9 cm³/mol. The molecule has 1 amide bonds. The van der Waals surface area contributed by atoms with E-state index < -0.39 is 18.1 Å². The third kappa shape index (κ3) is 7.13. The van der Waals surface area contributed by atoms with Crippen molar-refractivity contribution in [1.82, 2.24) is 5.32 Å². The highest BCUT2D eigenvalue weighted by Crippen LogP contribution is 2.04. The third-order valence-electron chi connectivity index (χ3n) is 2.38. The lowest BCUT2D eigenvalue weighted by Crippen LogP contribution is -2.49. The molecule has 0 heterocycles. The maximum absolute atomic E-state index is 11.8. The molecule has 0 aromatic carbocycles. The van der Waals surface area contributed by atoms with E-state index in [-0.39, 0.29) is 5.91 Å². The van der Waals surface area contributed by atoms with Gasteiger partial charge in [-0.1, -0.05) is 0 Å². The minimum absolute atomic E-state index is 0.291. The lowest BCUT2D eigenvalue weighted by molar-refractivity contribution is -0.145. The minimum Gasteiger partial charge on any atom is -0.467 e. The zero-order chi connectivity index (χ0) is 14.0. The summed E-state index contributed by atoms with van der Waals surface area (Å²) in [6.45, 7) is 0. The Labute approximate surface area is 117 Å². The number of ether oxygens (including phenoxy) is 1. The normalized spacial score (nSPS) is 13.8. The standard InChI is InChI=1S/C11H22N2O3S2/c1-16-11(15)9(5-7-18-3)13-10(14)8(12)4-6-17-2/h8-9H,4-7,12H2,1-3H3,(H,13,14)/t8-,9-/m0/s1. The summed E-state index contributed by atoms with van der Waals surface area (Å²) in [5.74, 6) is 0.887. The fraction of sp³-hybridized carbons (Fsp3) is 0.818. The molecule has 2 atom stereocenters. The van der Waals surface area contributed by atoms with Crippen molar-refractivity contribution in [3.63, 3.8) is 0 Å². The van der Waals surface area contributed by atoms with Crippen LogP contribution in [-0.4, -0.2) is 55.1 Å². The van der Waals surface area contributed by atoms with Crippen LogP contribution in [0.1, 0.15) is 12.8 Å². The van der Waals surface area contributed by atoms with Crippen LogP contribution >= 0.6 is 23.5 Å². The maximum Gasteiger partial charge on any atom is 0.328 e. The van der Waals surface area contributed by atoms with E-state index in [0.29, 0.717) is 12.8 Å². The molecule has 0 aliphatic rings. The SMILES string of the molecule is COC(=O)[C@H](CCSC)NC(=O)[C@@H](N)CCSC. The van der Waals surface area contributed by atoms with Gasteiger partial charge in [-0.3, -0.25) is 4.79 Å². The third-order valence-corrected chi connectivity index (χ3v) is 3.67. The Balaban J connectivity index is 4.28. The molecule has 0 saturated carbocycles. The molecule has 0 radical (unpaired) electrons. The average Bonchev–Trinajstić information content (AvgIpc) is 2.39. The number of nitrogens with two attached hydrogens (primary N) is 1. The van der Waals surface area contributed by atoms with Gasteiger partial charge in [-0.2, -0.15) is 23.5 Å². The number of carbonyl (C=O) groups is 2. The number of hydrogen-bond donors (Lipinski definition) is 2. The zero-order valence-electron chi connectivity index (χ0n) is 11.1. The first-order valence-corrected chi connectivity index (χ1v) is 8.47. The average molecular weight is 294 g/mol. The molecule has 0 aromatic heterocycles. The minimum atomic E-state index is -0.602. The predicted octanol–water partition coefficient (Wildman–Crippen LogP) is 0.478. The van der Waals surface area contributed by atoms with E-state index in [1.165, 1.54) is 7.11 Å². The Morgan fingerprint density at radius 3 is 2.28 bits per heavy atom. The highest BCUT2D eigenvalue weighted by molar-refractivity contribution is 7.98. The first-order valence-electron chi connectivity index (χ1n) is 5.68. The van der Waals surface area contributed by atoms with E-state index >= 15 is 0 Å². The van der Waals surface area contributed by atoms with Crippen LogP contribution in [0.15, 0.2) is 0 Å². The number of hydrogen-bond acceptors (Lipinski definition) is 6. The van der Waals surface area contributed by atoms with Crippen LogP contribution in [0.3, 0.4) is 0 Å². The summed E-state index contributed by atoms with van der Waals surface area (Å²) in [6, 6.07) is -1.17. The molecule has 0 rings (SSSR count). The van der Waals surface area contributed by atoms with Gasteiger partial charge in [0.2, 0.25) is 5.91 Å². The Morgan fingerprint density at radius 1 is 1.22 bits per heavy atom. The molecular weight excluding hydrogens is 272 g/mol. The lowest BCUT2D eigenvalue weighted by atomic mass is 10.2. The van der Waals surface area contributed by atoms with E-state index in [4.69, 9.17) is 5.73 Å². The Morgan fingerprint density at radius 2 is 1.78 bits per heavy atom. The van der Waals surface area contributed by atoms with Gasteiger partial charge >= 0.3 is 5.97 Å². The van der Waals surface area contributed by atoms with Crippen molar-refractivity contribution in [3.05, 3.63) is 0 Å². The smallest absolute Gasteiger partial charge is 0.328 e. The van der Waals surface area contributed by atoms with Gasteiger partial charge in [0.15, 0.2) is 0 Å². The van der Waals surface area contributed by atoms with Crippen LogP contribution in [0, 0.1) is 0 Å². The first-order chi connectivity index (χ1) is 8.56. The second kappa shape index (κ2) is 10.5.